The highest BCUT2D eigenvalue weighted by atomic mass is 16.4. The molecular formula is C19H16N6O2. The number of rotatable bonds is 4. The lowest BCUT2D eigenvalue weighted by Gasteiger charge is -2.20. The highest BCUT2D eigenvalue weighted by Gasteiger charge is 2.18. The van der Waals surface area contributed by atoms with Crippen molar-refractivity contribution in [1.82, 2.24) is 19.6 Å². The van der Waals surface area contributed by atoms with Crippen molar-refractivity contribution >= 4 is 29.1 Å². The first kappa shape index (κ1) is 16.5. The zero-order valence-corrected chi connectivity index (χ0v) is 14.4. The number of aromatic nitrogens is 4. The third kappa shape index (κ3) is 3.04. The van der Waals surface area contributed by atoms with Crippen LogP contribution in [0.4, 0.5) is 17.5 Å². The van der Waals surface area contributed by atoms with Crippen molar-refractivity contribution in [3.63, 3.8) is 0 Å². The summed E-state index contributed by atoms with van der Waals surface area (Å²) in [5.41, 5.74) is 8.59. The predicted molar refractivity (Wildman–Crippen MR) is 102 cm³/mol. The van der Waals surface area contributed by atoms with Gasteiger partial charge in [-0.1, -0.05) is 18.2 Å². The van der Waals surface area contributed by atoms with E-state index in [-0.39, 0.29) is 11.5 Å². The summed E-state index contributed by atoms with van der Waals surface area (Å²) >= 11 is 0. The smallest absolute Gasteiger partial charge is 0.339 e. The number of fused-ring (bicyclic) bond motifs is 1. The standard InChI is InChI=1S/C19H16N6O2/c1-24(14-5-3-2-4-6-14)17-15(18(26)27)9-13(11-21-17)12-7-8-25-16(10-12)22-19(20)23-25/h2-11H,1H3,(H2,20,23)(H,26,27). The van der Waals surface area contributed by atoms with Crippen LogP contribution in [0.25, 0.3) is 16.8 Å². The highest BCUT2D eigenvalue weighted by molar-refractivity contribution is 5.95. The Labute approximate surface area is 154 Å². The number of nitrogens with two attached hydrogens (primary N) is 1. The molecule has 27 heavy (non-hydrogen) atoms. The van der Waals surface area contributed by atoms with Crippen LogP contribution in [0.3, 0.4) is 0 Å². The Kier molecular flexibility index (Phi) is 3.92. The molecule has 0 radical (unpaired) electrons. The van der Waals surface area contributed by atoms with Gasteiger partial charge in [-0.2, -0.15) is 4.98 Å². The minimum absolute atomic E-state index is 0.111. The molecule has 134 valence electrons. The molecular weight excluding hydrogens is 344 g/mol. The molecule has 0 saturated carbocycles. The van der Waals surface area contributed by atoms with Gasteiger partial charge in [-0.3, -0.25) is 0 Å². The average Bonchev–Trinajstić information content (AvgIpc) is 3.06. The van der Waals surface area contributed by atoms with Crippen LogP contribution in [-0.4, -0.2) is 37.7 Å². The molecule has 4 rings (SSSR count). The van der Waals surface area contributed by atoms with Gasteiger partial charge in [-0.15, -0.1) is 5.10 Å². The van der Waals surface area contributed by atoms with Gasteiger partial charge < -0.3 is 15.7 Å². The molecule has 3 heterocycles. The lowest BCUT2D eigenvalue weighted by atomic mass is 10.1. The number of pyridine rings is 2. The van der Waals surface area contributed by atoms with Crippen LogP contribution >= 0.6 is 0 Å². The lowest BCUT2D eigenvalue weighted by molar-refractivity contribution is 0.0697. The van der Waals surface area contributed by atoms with Crippen molar-refractivity contribution < 1.29 is 9.90 Å². The molecule has 8 heteroatoms. The molecule has 0 aliphatic carbocycles. The van der Waals surface area contributed by atoms with Crippen LogP contribution in [0.15, 0.2) is 60.9 Å². The van der Waals surface area contributed by atoms with E-state index in [4.69, 9.17) is 5.73 Å². The summed E-state index contributed by atoms with van der Waals surface area (Å²) in [4.78, 5) is 22.1. The molecule has 0 amide bonds. The number of aromatic carboxylic acids is 1. The SMILES string of the molecule is CN(c1ccccc1)c1ncc(-c2ccn3nc(N)nc3c2)cc1C(=O)O. The topological polar surface area (TPSA) is 110 Å². The first-order valence-corrected chi connectivity index (χ1v) is 8.17. The van der Waals surface area contributed by atoms with Gasteiger partial charge in [0, 0.05) is 30.7 Å². The Morgan fingerprint density at radius 3 is 2.67 bits per heavy atom. The third-order valence-electron chi connectivity index (χ3n) is 4.25. The van der Waals surface area contributed by atoms with E-state index in [1.807, 2.05) is 36.4 Å². The van der Waals surface area contributed by atoms with Gasteiger partial charge in [0.2, 0.25) is 5.95 Å². The van der Waals surface area contributed by atoms with Crippen molar-refractivity contribution in [1.29, 1.82) is 0 Å². The van der Waals surface area contributed by atoms with Crippen molar-refractivity contribution in [2.45, 2.75) is 0 Å². The molecule has 0 atom stereocenters. The minimum Gasteiger partial charge on any atom is -0.478 e. The fraction of sp³-hybridized carbons (Fsp3) is 0.0526. The minimum atomic E-state index is -1.05. The highest BCUT2D eigenvalue weighted by Crippen LogP contribution is 2.29. The third-order valence-corrected chi connectivity index (χ3v) is 4.25. The normalized spacial score (nSPS) is 10.9. The molecule has 0 unspecified atom stereocenters. The van der Waals surface area contributed by atoms with E-state index in [1.165, 1.54) is 0 Å². The quantitative estimate of drug-likeness (QED) is 0.576. The molecule has 4 aromatic rings. The van der Waals surface area contributed by atoms with Crippen molar-refractivity contribution in [2.24, 2.45) is 0 Å². The maximum atomic E-state index is 11.8. The molecule has 8 nitrogen and oxygen atoms in total. The molecule has 0 saturated heterocycles. The molecule has 0 spiro atoms. The van der Waals surface area contributed by atoms with Crippen LogP contribution in [0, 0.1) is 0 Å². The van der Waals surface area contributed by atoms with Crippen LogP contribution in [0.5, 0.6) is 0 Å². The molecule has 0 fully saturated rings. The monoisotopic (exact) mass is 360 g/mol. The Hall–Kier alpha value is -3.94. The summed E-state index contributed by atoms with van der Waals surface area (Å²) in [6, 6.07) is 14.7. The number of carboxylic acids is 1. The number of hydrogen-bond acceptors (Lipinski definition) is 6. The molecule has 0 aliphatic rings. The number of nitrogens with zero attached hydrogens (tertiary/aromatic N) is 5. The Bertz CT molecular complexity index is 1140. The number of carboxylic acid groups (broad SMARTS) is 1. The average molecular weight is 360 g/mol. The Balaban J connectivity index is 1.79. The summed E-state index contributed by atoms with van der Waals surface area (Å²) in [6.45, 7) is 0. The Morgan fingerprint density at radius 1 is 1.15 bits per heavy atom. The number of benzene rings is 1. The van der Waals surface area contributed by atoms with E-state index in [1.54, 1.807) is 41.0 Å². The summed E-state index contributed by atoms with van der Waals surface area (Å²) in [6.07, 6.45) is 3.37. The summed E-state index contributed by atoms with van der Waals surface area (Å²) in [5.74, 6) is -0.503. The van der Waals surface area contributed by atoms with Crippen LogP contribution in [0.2, 0.25) is 0 Å². The van der Waals surface area contributed by atoms with Gasteiger partial charge in [0.1, 0.15) is 11.4 Å². The second-order valence-electron chi connectivity index (χ2n) is 5.98. The molecule has 1 aromatic carbocycles. The molecule has 0 bridgehead atoms. The van der Waals surface area contributed by atoms with Crippen molar-refractivity contribution in [2.75, 3.05) is 17.7 Å². The van der Waals surface area contributed by atoms with E-state index in [0.29, 0.717) is 17.0 Å². The van der Waals surface area contributed by atoms with E-state index < -0.39 is 5.97 Å². The molecule has 0 aliphatic heterocycles. The van der Waals surface area contributed by atoms with E-state index >= 15 is 0 Å². The zero-order chi connectivity index (χ0) is 19.0. The van der Waals surface area contributed by atoms with E-state index in [9.17, 15) is 9.90 Å². The summed E-state index contributed by atoms with van der Waals surface area (Å²) in [5, 5.41) is 13.7. The van der Waals surface area contributed by atoms with Crippen LogP contribution in [0.1, 0.15) is 10.4 Å². The Morgan fingerprint density at radius 2 is 1.93 bits per heavy atom. The number of hydrogen-bond donors (Lipinski definition) is 2. The van der Waals surface area contributed by atoms with Crippen molar-refractivity contribution in [3.05, 3.63) is 66.5 Å². The van der Waals surface area contributed by atoms with Gasteiger partial charge in [0.25, 0.3) is 0 Å². The fourth-order valence-electron chi connectivity index (χ4n) is 2.89. The lowest BCUT2D eigenvalue weighted by Crippen LogP contribution is -2.16. The van der Waals surface area contributed by atoms with Gasteiger partial charge in [-0.25, -0.2) is 14.3 Å². The number of para-hydroxylation sites is 1. The van der Waals surface area contributed by atoms with E-state index in [2.05, 4.69) is 15.1 Å². The van der Waals surface area contributed by atoms with Crippen LogP contribution < -0.4 is 10.6 Å². The fourth-order valence-corrected chi connectivity index (χ4v) is 2.89. The number of carbonyl (C=O) groups is 1. The van der Waals surface area contributed by atoms with Gasteiger partial charge in [0.15, 0.2) is 5.65 Å². The largest absolute Gasteiger partial charge is 0.478 e. The second kappa shape index (κ2) is 6.41. The first-order chi connectivity index (χ1) is 13.0. The number of anilines is 3. The first-order valence-electron chi connectivity index (χ1n) is 8.17. The van der Waals surface area contributed by atoms with Gasteiger partial charge in [0.05, 0.1) is 0 Å². The molecule has 3 N–H and O–H groups in total. The van der Waals surface area contributed by atoms with E-state index in [0.717, 1.165) is 11.3 Å². The summed E-state index contributed by atoms with van der Waals surface area (Å²) < 4.78 is 1.56. The zero-order valence-electron chi connectivity index (χ0n) is 14.4. The maximum Gasteiger partial charge on any atom is 0.339 e. The molecule has 3 aromatic heterocycles. The predicted octanol–water partition coefficient (Wildman–Crippen LogP) is 2.84. The van der Waals surface area contributed by atoms with Gasteiger partial charge >= 0.3 is 5.97 Å². The maximum absolute atomic E-state index is 11.8. The van der Waals surface area contributed by atoms with Crippen molar-refractivity contribution in [3.8, 4) is 11.1 Å². The van der Waals surface area contributed by atoms with Crippen LogP contribution in [-0.2, 0) is 0 Å². The number of nitrogen functional groups attached to an aromatic ring is 1. The van der Waals surface area contributed by atoms with Gasteiger partial charge in [-0.05, 0) is 35.9 Å². The second-order valence-corrected chi connectivity index (χ2v) is 5.98. The summed E-state index contributed by atoms with van der Waals surface area (Å²) in [7, 11) is 1.79.